The number of amides is 1. The van der Waals surface area contributed by atoms with Crippen LogP contribution >= 0.6 is 0 Å². The number of hydrogen-bond acceptors (Lipinski definition) is 6. The van der Waals surface area contributed by atoms with Crippen LogP contribution in [0.3, 0.4) is 0 Å². The summed E-state index contributed by atoms with van der Waals surface area (Å²) >= 11 is 0. The molecular formula is C31H33N5O4. The third kappa shape index (κ3) is 6.69. The smallest absolute Gasteiger partial charge is 0.252 e. The van der Waals surface area contributed by atoms with Gasteiger partial charge in [0.25, 0.3) is 5.91 Å². The van der Waals surface area contributed by atoms with Gasteiger partial charge in [0, 0.05) is 47.7 Å². The van der Waals surface area contributed by atoms with Gasteiger partial charge in [0.05, 0.1) is 6.61 Å². The van der Waals surface area contributed by atoms with Gasteiger partial charge in [0.2, 0.25) is 5.90 Å². The molecule has 0 unspecified atom stereocenters. The van der Waals surface area contributed by atoms with Gasteiger partial charge in [-0.2, -0.15) is 0 Å². The van der Waals surface area contributed by atoms with E-state index in [1.165, 1.54) is 0 Å². The number of benzene rings is 3. The van der Waals surface area contributed by atoms with Crippen molar-refractivity contribution in [2.75, 3.05) is 19.8 Å². The maximum absolute atomic E-state index is 13.9. The van der Waals surface area contributed by atoms with Crippen LogP contribution in [-0.2, 0) is 9.53 Å². The minimum atomic E-state index is -1.35. The average Bonchev–Trinajstić information content (AvgIpc) is 3.38. The van der Waals surface area contributed by atoms with Crippen molar-refractivity contribution in [2.24, 2.45) is 10.1 Å². The molecule has 0 fully saturated rings. The quantitative estimate of drug-likeness (QED) is 0.115. The van der Waals surface area contributed by atoms with Gasteiger partial charge >= 0.3 is 0 Å². The molecule has 0 bridgehead atoms. The molecule has 1 aliphatic rings. The van der Waals surface area contributed by atoms with Gasteiger partial charge in [-0.1, -0.05) is 78.8 Å². The van der Waals surface area contributed by atoms with Gasteiger partial charge in [-0.3, -0.25) is 4.79 Å². The van der Waals surface area contributed by atoms with Gasteiger partial charge in [-0.15, -0.1) is 0 Å². The lowest BCUT2D eigenvalue weighted by atomic mass is 9.83. The zero-order chi connectivity index (χ0) is 28.2. The minimum absolute atomic E-state index is 0.0579. The molecule has 1 amide bonds. The summed E-state index contributed by atoms with van der Waals surface area (Å²) < 4.78 is 12.1. The molecule has 0 radical (unpaired) electrons. The van der Waals surface area contributed by atoms with E-state index in [4.69, 9.17) is 19.6 Å². The molecule has 9 heteroatoms. The van der Waals surface area contributed by atoms with Crippen molar-refractivity contribution in [1.29, 1.82) is 0 Å². The lowest BCUT2D eigenvalue weighted by molar-refractivity contribution is -0.128. The summed E-state index contributed by atoms with van der Waals surface area (Å²) in [6.07, 6.45) is 4.59. The Bertz CT molecular complexity index is 1380. The number of aliphatic hydroxyl groups is 1. The lowest BCUT2D eigenvalue weighted by Crippen LogP contribution is -2.48. The molecule has 4 rings (SSSR count). The van der Waals surface area contributed by atoms with E-state index in [-0.39, 0.29) is 18.9 Å². The van der Waals surface area contributed by atoms with E-state index in [0.717, 1.165) is 12.0 Å². The van der Waals surface area contributed by atoms with E-state index >= 15 is 0 Å². The van der Waals surface area contributed by atoms with E-state index in [9.17, 15) is 10.3 Å². The molecule has 0 saturated carbocycles. The highest BCUT2D eigenvalue weighted by molar-refractivity contribution is 6.01. The summed E-state index contributed by atoms with van der Waals surface area (Å²) in [6.45, 7) is 2.93. The van der Waals surface area contributed by atoms with Crippen molar-refractivity contribution >= 4 is 23.6 Å². The Labute approximate surface area is 233 Å². The first-order valence-corrected chi connectivity index (χ1v) is 13.4. The molecule has 206 valence electrons. The summed E-state index contributed by atoms with van der Waals surface area (Å²) in [5.41, 5.74) is 10.5. The topological polar surface area (TPSA) is 129 Å². The van der Waals surface area contributed by atoms with Crippen LogP contribution in [0.5, 0.6) is 5.75 Å². The van der Waals surface area contributed by atoms with E-state index < -0.39 is 11.6 Å². The van der Waals surface area contributed by atoms with Crippen LogP contribution in [0, 0.1) is 0 Å². The Morgan fingerprint density at radius 1 is 1.15 bits per heavy atom. The Kier molecular flexibility index (Phi) is 9.93. The van der Waals surface area contributed by atoms with Crippen molar-refractivity contribution < 1.29 is 19.4 Å². The van der Waals surface area contributed by atoms with Crippen molar-refractivity contribution in [1.82, 2.24) is 5.32 Å². The second-order valence-electron chi connectivity index (χ2n) is 9.31. The molecule has 2 N–H and O–H groups in total. The molecular weight excluding hydrogens is 506 g/mol. The van der Waals surface area contributed by atoms with Gasteiger partial charge < -0.3 is 19.9 Å². The van der Waals surface area contributed by atoms with Crippen LogP contribution in [0.1, 0.15) is 49.0 Å². The van der Waals surface area contributed by atoms with Crippen LogP contribution in [0.2, 0.25) is 0 Å². The Hall–Kier alpha value is -4.59. The highest BCUT2D eigenvalue weighted by atomic mass is 16.5. The van der Waals surface area contributed by atoms with E-state index in [1.54, 1.807) is 30.3 Å². The summed E-state index contributed by atoms with van der Waals surface area (Å²) in [4.78, 5) is 21.9. The third-order valence-electron chi connectivity index (χ3n) is 6.48. The molecule has 0 saturated heterocycles. The van der Waals surface area contributed by atoms with E-state index in [0.29, 0.717) is 48.0 Å². The van der Waals surface area contributed by atoms with Crippen molar-refractivity contribution in [2.45, 2.75) is 37.8 Å². The number of carbonyl (C=O) groups excluding carboxylic acids is 1. The lowest BCUT2D eigenvalue weighted by Gasteiger charge is -2.30. The summed E-state index contributed by atoms with van der Waals surface area (Å²) in [6, 6.07) is 24.2. The molecule has 9 nitrogen and oxygen atoms in total. The number of carbonyl (C=O) groups is 1. The second kappa shape index (κ2) is 14.0. The highest BCUT2D eigenvalue weighted by Crippen LogP contribution is 2.45. The largest absolute Gasteiger partial charge is 0.494 e. The zero-order valence-corrected chi connectivity index (χ0v) is 22.4. The fraction of sp³-hybridized carbons (Fsp3) is 0.290. The number of azide groups is 1. The number of aliphatic hydroxyl groups excluding tert-OH is 1. The normalized spacial score (nSPS) is 18.1. The third-order valence-corrected chi connectivity index (χ3v) is 6.48. The molecule has 2 atom stereocenters. The van der Waals surface area contributed by atoms with E-state index in [2.05, 4.69) is 15.3 Å². The van der Waals surface area contributed by atoms with Gasteiger partial charge in [-0.25, -0.2) is 4.99 Å². The maximum atomic E-state index is 13.9. The summed E-state index contributed by atoms with van der Waals surface area (Å²) in [7, 11) is 0. The average molecular weight is 540 g/mol. The monoisotopic (exact) mass is 539 g/mol. The van der Waals surface area contributed by atoms with Crippen LogP contribution in [-0.4, -0.2) is 42.2 Å². The van der Waals surface area contributed by atoms with Crippen LogP contribution < -0.4 is 10.1 Å². The van der Waals surface area contributed by atoms with Crippen molar-refractivity contribution in [3.63, 3.8) is 0 Å². The fourth-order valence-corrected chi connectivity index (χ4v) is 4.47. The standard InChI is InChI=1S/C31H33N5O4/c1-2-20-33-30(38)31(19-8-12-23-10-4-3-5-11-23)28(26-13-6-7-14-27(26)35-36-32)40-29(34-31)24-15-17-25(18-16-24)39-22-9-21-37/h3-8,10-18,28,37H,2,9,19-22H2,1H3,(H,33,38)/b12-8+/t28-,31-/m1/s1. The van der Waals surface area contributed by atoms with Crippen LogP contribution in [0.25, 0.3) is 16.5 Å². The number of hydrogen-bond donors (Lipinski definition) is 2. The first-order chi connectivity index (χ1) is 19.6. The Balaban J connectivity index is 1.78. The fourth-order valence-electron chi connectivity index (χ4n) is 4.47. The molecule has 0 spiro atoms. The molecule has 1 aliphatic heterocycles. The molecule has 3 aromatic rings. The van der Waals surface area contributed by atoms with Crippen LogP contribution in [0.15, 0.2) is 95.0 Å². The number of ether oxygens (including phenoxy) is 2. The molecule has 0 aliphatic carbocycles. The highest BCUT2D eigenvalue weighted by Gasteiger charge is 2.53. The van der Waals surface area contributed by atoms with Gasteiger partial charge in [0.15, 0.2) is 11.6 Å². The Morgan fingerprint density at radius 2 is 1.90 bits per heavy atom. The molecule has 40 heavy (non-hydrogen) atoms. The number of nitrogens with zero attached hydrogens (tertiary/aromatic N) is 4. The SMILES string of the molecule is CCCNC(=O)[C@]1(C/C=C/c2ccccc2)N=C(c2ccc(OCCCO)cc2)O[C@@H]1c1ccccc1N=[N+]=[N-]. The van der Waals surface area contributed by atoms with Gasteiger partial charge in [-0.05, 0) is 41.8 Å². The second-order valence-corrected chi connectivity index (χ2v) is 9.31. The predicted molar refractivity (Wildman–Crippen MR) is 155 cm³/mol. The molecule has 0 aromatic heterocycles. The zero-order valence-electron chi connectivity index (χ0n) is 22.4. The summed E-state index contributed by atoms with van der Waals surface area (Å²) in [5.74, 6) is 0.688. The van der Waals surface area contributed by atoms with Gasteiger partial charge in [0.1, 0.15) is 5.75 Å². The Morgan fingerprint density at radius 3 is 2.62 bits per heavy atom. The number of rotatable bonds is 13. The van der Waals surface area contributed by atoms with E-state index in [1.807, 2.05) is 67.6 Å². The predicted octanol–water partition coefficient (Wildman–Crippen LogP) is 6.28. The minimum Gasteiger partial charge on any atom is -0.494 e. The van der Waals surface area contributed by atoms with Crippen molar-refractivity contribution in [3.05, 3.63) is 112 Å². The summed E-state index contributed by atoms with van der Waals surface area (Å²) in [5, 5.41) is 15.9. The van der Waals surface area contributed by atoms with Crippen molar-refractivity contribution in [3.8, 4) is 5.75 Å². The maximum Gasteiger partial charge on any atom is 0.252 e. The molecule has 1 heterocycles. The number of nitrogens with one attached hydrogen (secondary N) is 1. The first kappa shape index (κ1) is 28.4. The number of aliphatic imine (C=N–C) groups is 1. The van der Waals surface area contributed by atoms with Crippen LogP contribution in [0.4, 0.5) is 5.69 Å². The molecule has 3 aromatic carbocycles. The first-order valence-electron chi connectivity index (χ1n) is 13.4.